The maximum atomic E-state index is 12.5. The zero-order chi connectivity index (χ0) is 17.2. The second kappa shape index (κ2) is 6.49. The van der Waals surface area contributed by atoms with E-state index >= 15 is 0 Å². The third-order valence-electron chi connectivity index (χ3n) is 4.13. The third kappa shape index (κ3) is 3.04. The summed E-state index contributed by atoms with van der Waals surface area (Å²) in [7, 11) is 0. The number of aliphatic hydroxyl groups is 1. The first-order valence-electron chi connectivity index (χ1n) is 8.17. The highest BCUT2D eigenvalue weighted by Crippen LogP contribution is 2.36. The lowest BCUT2D eigenvalue weighted by atomic mass is 10.1. The Bertz CT molecular complexity index is 899. The summed E-state index contributed by atoms with van der Waals surface area (Å²) in [5.74, 6) is 0.828. The second-order valence-electron chi connectivity index (χ2n) is 5.90. The molecule has 0 aliphatic carbocycles. The summed E-state index contributed by atoms with van der Waals surface area (Å²) >= 11 is 0. The van der Waals surface area contributed by atoms with Crippen molar-refractivity contribution in [1.29, 1.82) is 0 Å². The number of carbonyl (C=O) groups excluding carboxylic acids is 1. The average Bonchev–Trinajstić information content (AvgIpc) is 2.93. The lowest BCUT2D eigenvalue weighted by Gasteiger charge is -2.14. The number of para-hydroxylation sites is 1. The molecule has 0 saturated heterocycles. The van der Waals surface area contributed by atoms with Crippen LogP contribution in [0.1, 0.15) is 22.5 Å². The van der Waals surface area contributed by atoms with Crippen LogP contribution in [0, 0.1) is 0 Å². The van der Waals surface area contributed by atoms with Gasteiger partial charge in [-0.15, -0.1) is 0 Å². The number of aromatic nitrogens is 1. The van der Waals surface area contributed by atoms with Crippen LogP contribution >= 0.6 is 0 Å². The summed E-state index contributed by atoms with van der Waals surface area (Å²) in [6, 6.07) is 12.9. The highest BCUT2D eigenvalue weighted by atomic mass is 16.5. The Hall–Kier alpha value is -2.99. The molecule has 0 fully saturated rings. The number of hydrogen-bond donors (Lipinski definition) is 3. The number of nitrogens with one attached hydrogen (secondary N) is 2. The van der Waals surface area contributed by atoms with E-state index in [1.165, 1.54) is 0 Å². The maximum absolute atomic E-state index is 12.5. The summed E-state index contributed by atoms with van der Waals surface area (Å²) in [6.07, 6.45) is 0.774. The van der Waals surface area contributed by atoms with Gasteiger partial charge in [-0.1, -0.05) is 18.2 Å². The van der Waals surface area contributed by atoms with E-state index < -0.39 is 0 Å². The van der Waals surface area contributed by atoms with Gasteiger partial charge in [0.25, 0.3) is 5.91 Å². The summed E-state index contributed by atoms with van der Waals surface area (Å²) in [4.78, 5) is 15.6. The highest BCUT2D eigenvalue weighted by Gasteiger charge is 2.18. The molecule has 3 N–H and O–H groups in total. The molecule has 1 amide bonds. The van der Waals surface area contributed by atoms with Crippen LogP contribution < -0.4 is 14.8 Å². The van der Waals surface area contributed by atoms with Crippen molar-refractivity contribution in [2.45, 2.75) is 13.0 Å². The van der Waals surface area contributed by atoms with E-state index in [1.54, 1.807) is 18.2 Å². The molecule has 2 heterocycles. The number of H-pyrrole nitrogens is 1. The number of benzene rings is 2. The average molecular weight is 338 g/mol. The quantitative estimate of drug-likeness (QED) is 0.685. The third-order valence-corrected chi connectivity index (χ3v) is 4.13. The number of ether oxygens (including phenoxy) is 2. The zero-order valence-electron chi connectivity index (χ0n) is 13.5. The van der Waals surface area contributed by atoms with Gasteiger partial charge in [-0.2, -0.15) is 0 Å². The lowest BCUT2D eigenvalue weighted by molar-refractivity contribution is 0.102. The van der Waals surface area contributed by atoms with Crippen molar-refractivity contribution in [3.8, 4) is 11.5 Å². The molecule has 4 rings (SSSR count). The number of anilines is 1. The molecule has 0 atom stereocenters. The van der Waals surface area contributed by atoms with Crippen molar-refractivity contribution in [2.24, 2.45) is 0 Å². The first-order valence-corrected chi connectivity index (χ1v) is 8.17. The Labute approximate surface area is 144 Å². The molecule has 0 unspecified atom stereocenters. The van der Waals surface area contributed by atoms with Crippen LogP contribution in [0.5, 0.6) is 11.5 Å². The summed E-state index contributed by atoms with van der Waals surface area (Å²) in [6.45, 7) is 0.889. The van der Waals surface area contributed by atoms with Gasteiger partial charge >= 0.3 is 0 Å². The fraction of sp³-hybridized carbons (Fsp3) is 0.211. The van der Waals surface area contributed by atoms with Gasteiger partial charge in [0.2, 0.25) is 0 Å². The molecule has 0 saturated carbocycles. The standard InChI is InChI=1S/C19H18N2O4/c22-11-13-8-14(10-17-18(13)25-7-3-6-24-17)20-19(23)16-9-12-4-1-2-5-15(12)21-16/h1-2,4-5,8-10,21-22H,3,6-7,11H2,(H,20,23). The number of aromatic amines is 1. The minimum absolute atomic E-state index is 0.193. The molecule has 25 heavy (non-hydrogen) atoms. The Kier molecular flexibility index (Phi) is 4.03. The van der Waals surface area contributed by atoms with Crippen molar-refractivity contribution in [3.63, 3.8) is 0 Å². The van der Waals surface area contributed by atoms with Crippen molar-refractivity contribution in [1.82, 2.24) is 4.98 Å². The molecule has 0 spiro atoms. The molecule has 6 nitrogen and oxygen atoms in total. The molecule has 128 valence electrons. The van der Waals surface area contributed by atoms with Crippen LogP contribution in [0.3, 0.4) is 0 Å². The minimum atomic E-state index is -0.255. The molecular weight excluding hydrogens is 320 g/mol. The number of rotatable bonds is 3. The molecule has 1 aliphatic heterocycles. The van der Waals surface area contributed by atoms with E-state index in [0.717, 1.165) is 17.3 Å². The zero-order valence-corrected chi connectivity index (χ0v) is 13.5. The molecule has 0 bridgehead atoms. The monoisotopic (exact) mass is 338 g/mol. The molecule has 3 aromatic rings. The van der Waals surface area contributed by atoms with Crippen LogP contribution in [-0.4, -0.2) is 29.2 Å². The van der Waals surface area contributed by atoms with Gasteiger partial charge in [-0.25, -0.2) is 0 Å². The van der Waals surface area contributed by atoms with Crippen LogP contribution in [-0.2, 0) is 6.61 Å². The molecule has 1 aliphatic rings. The van der Waals surface area contributed by atoms with Gasteiger partial charge in [0, 0.05) is 34.6 Å². The van der Waals surface area contributed by atoms with Gasteiger partial charge in [0.05, 0.1) is 19.8 Å². The van der Waals surface area contributed by atoms with Crippen molar-refractivity contribution in [3.05, 3.63) is 53.7 Å². The first kappa shape index (κ1) is 15.5. The van der Waals surface area contributed by atoms with Crippen LogP contribution in [0.15, 0.2) is 42.5 Å². The smallest absolute Gasteiger partial charge is 0.272 e. The molecule has 0 radical (unpaired) electrons. The second-order valence-corrected chi connectivity index (χ2v) is 5.90. The van der Waals surface area contributed by atoms with E-state index in [9.17, 15) is 9.90 Å². The number of aliphatic hydroxyl groups excluding tert-OH is 1. The van der Waals surface area contributed by atoms with Crippen molar-refractivity contribution in [2.75, 3.05) is 18.5 Å². The van der Waals surface area contributed by atoms with E-state index in [4.69, 9.17) is 9.47 Å². The van der Waals surface area contributed by atoms with Crippen LogP contribution in [0.4, 0.5) is 5.69 Å². The van der Waals surface area contributed by atoms with Gasteiger partial charge in [0.1, 0.15) is 5.69 Å². The minimum Gasteiger partial charge on any atom is -0.489 e. The Morgan fingerprint density at radius 2 is 2.00 bits per heavy atom. The van der Waals surface area contributed by atoms with E-state index in [0.29, 0.717) is 41.7 Å². The van der Waals surface area contributed by atoms with Crippen molar-refractivity contribution >= 4 is 22.5 Å². The topological polar surface area (TPSA) is 83.6 Å². The Balaban J connectivity index is 1.63. The summed E-state index contributed by atoms with van der Waals surface area (Å²) in [5, 5.41) is 13.4. The number of carbonyl (C=O) groups is 1. The largest absolute Gasteiger partial charge is 0.489 e. The van der Waals surface area contributed by atoms with Crippen molar-refractivity contribution < 1.29 is 19.4 Å². The first-order chi connectivity index (χ1) is 12.2. The van der Waals surface area contributed by atoms with E-state index in [-0.39, 0.29) is 12.5 Å². The highest BCUT2D eigenvalue weighted by molar-refractivity contribution is 6.06. The normalized spacial score (nSPS) is 13.5. The molecular formula is C19H18N2O4. The van der Waals surface area contributed by atoms with Gasteiger partial charge < -0.3 is 24.9 Å². The SMILES string of the molecule is O=C(Nc1cc(CO)c2c(c1)OCCCO2)c1cc2ccccc2[nH]1. The van der Waals surface area contributed by atoms with Gasteiger partial charge in [-0.3, -0.25) is 4.79 Å². The molecule has 6 heteroatoms. The number of amides is 1. The van der Waals surface area contributed by atoms with Crippen LogP contribution in [0.25, 0.3) is 10.9 Å². The Morgan fingerprint density at radius 3 is 2.84 bits per heavy atom. The summed E-state index contributed by atoms with van der Waals surface area (Å²) in [5.41, 5.74) is 2.52. The van der Waals surface area contributed by atoms with E-state index in [1.807, 2.05) is 24.3 Å². The number of fused-ring (bicyclic) bond motifs is 2. The molecule has 1 aromatic heterocycles. The summed E-state index contributed by atoms with van der Waals surface area (Å²) < 4.78 is 11.3. The maximum Gasteiger partial charge on any atom is 0.272 e. The Morgan fingerprint density at radius 1 is 1.16 bits per heavy atom. The number of hydrogen-bond acceptors (Lipinski definition) is 4. The van der Waals surface area contributed by atoms with Crippen LogP contribution in [0.2, 0.25) is 0 Å². The fourth-order valence-electron chi connectivity index (χ4n) is 2.93. The van der Waals surface area contributed by atoms with E-state index in [2.05, 4.69) is 10.3 Å². The van der Waals surface area contributed by atoms with Gasteiger partial charge in [-0.05, 0) is 18.2 Å². The predicted molar refractivity (Wildman–Crippen MR) is 94.2 cm³/mol. The molecule has 2 aromatic carbocycles. The predicted octanol–water partition coefficient (Wildman–Crippen LogP) is 3.07. The fourth-order valence-corrected chi connectivity index (χ4v) is 2.93. The van der Waals surface area contributed by atoms with Gasteiger partial charge in [0.15, 0.2) is 11.5 Å². The lowest BCUT2D eigenvalue weighted by Crippen LogP contribution is -2.13.